The molecule has 3 heteroatoms. The first kappa shape index (κ1) is 10.3. The zero-order chi connectivity index (χ0) is 10.1. The average Bonchev–Trinajstić information content (AvgIpc) is 2.89. The Morgan fingerprint density at radius 2 is 2.07 bits per heavy atom. The number of likely N-dealkylation sites (tertiary alicyclic amines) is 1. The minimum Gasteiger partial charge on any atom is -0.342 e. The van der Waals surface area contributed by atoms with E-state index in [1.54, 1.807) is 0 Å². The lowest BCUT2D eigenvalue weighted by Gasteiger charge is -2.20. The molecule has 1 aliphatic carbocycles. The SMILES string of the molecule is CC1CC1C(=O)N1CCCC(Cl)CC1. The van der Waals surface area contributed by atoms with E-state index in [1.165, 1.54) is 0 Å². The summed E-state index contributed by atoms with van der Waals surface area (Å²) in [6.07, 6.45) is 4.20. The van der Waals surface area contributed by atoms with Gasteiger partial charge in [-0.15, -0.1) is 11.6 Å². The van der Waals surface area contributed by atoms with E-state index in [0.717, 1.165) is 38.8 Å². The summed E-state index contributed by atoms with van der Waals surface area (Å²) in [5.41, 5.74) is 0. The molecular formula is C11H18ClNO. The van der Waals surface area contributed by atoms with Gasteiger partial charge < -0.3 is 4.90 Å². The smallest absolute Gasteiger partial charge is 0.225 e. The van der Waals surface area contributed by atoms with Gasteiger partial charge in [0.05, 0.1) is 0 Å². The van der Waals surface area contributed by atoms with Crippen LogP contribution in [0.15, 0.2) is 0 Å². The number of amides is 1. The van der Waals surface area contributed by atoms with E-state index in [2.05, 4.69) is 6.92 Å². The lowest BCUT2D eigenvalue weighted by molar-refractivity contribution is -0.132. The zero-order valence-corrected chi connectivity index (χ0v) is 9.46. The van der Waals surface area contributed by atoms with Crippen LogP contribution in [0.2, 0.25) is 0 Å². The van der Waals surface area contributed by atoms with Gasteiger partial charge in [-0.1, -0.05) is 6.92 Å². The molecule has 1 saturated carbocycles. The molecule has 1 saturated heterocycles. The maximum Gasteiger partial charge on any atom is 0.225 e. The molecule has 1 heterocycles. The van der Waals surface area contributed by atoms with Crippen molar-refractivity contribution in [2.75, 3.05) is 13.1 Å². The normalized spacial score (nSPS) is 37.9. The molecule has 0 radical (unpaired) electrons. The number of carbonyl (C=O) groups is 1. The molecule has 2 nitrogen and oxygen atoms in total. The third-order valence-corrected chi connectivity index (χ3v) is 3.83. The van der Waals surface area contributed by atoms with Gasteiger partial charge in [0.2, 0.25) is 5.91 Å². The Morgan fingerprint density at radius 3 is 2.71 bits per heavy atom. The van der Waals surface area contributed by atoms with E-state index in [9.17, 15) is 4.79 Å². The molecule has 0 aromatic heterocycles. The van der Waals surface area contributed by atoms with E-state index in [0.29, 0.717) is 17.7 Å². The largest absolute Gasteiger partial charge is 0.342 e. The lowest BCUT2D eigenvalue weighted by Crippen LogP contribution is -2.33. The van der Waals surface area contributed by atoms with E-state index in [-0.39, 0.29) is 5.38 Å². The number of carbonyl (C=O) groups excluding carboxylic acids is 1. The van der Waals surface area contributed by atoms with Crippen molar-refractivity contribution in [3.8, 4) is 0 Å². The minimum atomic E-state index is 0.282. The van der Waals surface area contributed by atoms with Crippen LogP contribution in [0.4, 0.5) is 0 Å². The van der Waals surface area contributed by atoms with E-state index in [1.807, 2.05) is 4.90 Å². The van der Waals surface area contributed by atoms with Gasteiger partial charge in [-0.25, -0.2) is 0 Å². The molecule has 1 aliphatic heterocycles. The third kappa shape index (κ3) is 2.22. The molecule has 2 aliphatic rings. The highest BCUT2D eigenvalue weighted by molar-refractivity contribution is 6.20. The Hall–Kier alpha value is -0.240. The topological polar surface area (TPSA) is 20.3 Å². The second kappa shape index (κ2) is 4.09. The van der Waals surface area contributed by atoms with E-state index < -0.39 is 0 Å². The van der Waals surface area contributed by atoms with E-state index in [4.69, 9.17) is 11.6 Å². The Labute approximate surface area is 90.6 Å². The molecule has 3 atom stereocenters. The van der Waals surface area contributed by atoms with Crippen molar-refractivity contribution in [1.29, 1.82) is 0 Å². The van der Waals surface area contributed by atoms with Crippen molar-refractivity contribution in [3.63, 3.8) is 0 Å². The maximum atomic E-state index is 11.9. The number of halogens is 1. The highest BCUT2D eigenvalue weighted by Crippen LogP contribution is 2.39. The number of rotatable bonds is 1. The van der Waals surface area contributed by atoms with Gasteiger partial charge in [0.25, 0.3) is 0 Å². The summed E-state index contributed by atoms with van der Waals surface area (Å²) < 4.78 is 0. The van der Waals surface area contributed by atoms with Crippen molar-refractivity contribution in [1.82, 2.24) is 4.90 Å². The van der Waals surface area contributed by atoms with Gasteiger partial charge in [-0.3, -0.25) is 4.79 Å². The highest BCUT2D eigenvalue weighted by Gasteiger charge is 2.41. The Balaban J connectivity index is 1.87. The fraction of sp³-hybridized carbons (Fsp3) is 0.909. The molecule has 0 spiro atoms. The van der Waals surface area contributed by atoms with Crippen LogP contribution in [0, 0.1) is 11.8 Å². The van der Waals surface area contributed by atoms with Gasteiger partial charge in [-0.2, -0.15) is 0 Å². The standard InChI is InChI=1S/C11H18ClNO/c1-8-7-10(8)11(14)13-5-2-3-9(12)4-6-13/h8-10H,2-7H2,1H3. The molecule has 14 heavy (non-hydrogen) atoms. The number of nitrogens with zero attached hydrogens (tertiary/aromatic N) is 1. The predicted molar refractivity (Wildman–Crippen MR) is 57.3 cm³/mol. The van der Waals surface area contributed by atoms with Gasteiger partial charge >= 0.3 is 0 Å². The first-order valence-corrected chi connectivity index (χ1v) is 6.05. The van der Waals surface area contributed by atoms with Crippen LogP contribution in [-0.4, -0.2) is 29.3 Å². The van der Waals surface area contributed by atoms with Gasteiger partial charge in [0.15, 0.2) is 0 Å². The van der Waals surface area contributed by atoms with Gasteiger partial charge in [-0.05, 0) is 31.6 Å². The molecule has 2 fully saturated rings. The summed E-state index contributed by atoms with van der Waals surface area (Å²) in [6.45, 7) is 3.95. The molecule has 1 amide bonds. The molecule has 2 rings (SSSR count). The van der Waals surface area contributed by atoms with Crippen LogP contribution in [0.5, 0.6) is 0 Å². The van der Waals surface area contributed by atoms with E-state index >= 15 is 0 Å². The summed E-state index contributed by atoms with van der Waals surface area (Å²) in [6, 6.07) is 0. The Kier molecular flexibility index (Phi) is 3.01. The summed E-state index contributed by atoms with van der Waals surface area (Å²) in [4.78, 5) is 13.9. The summed E-state index contributed by atoms with van der Waals surface area (Å²) in [7, 11) is 0. The van der Waals surface area contributed by atoms with Crippen LogP contribution in [0.25, 0.3) is 0 Å². The van der Waals surface area contributed by atoms with Crippen LogP contribution < -0.4 is 0 Å². The first-order valence-electron chi connectivity index (χ1n) is 5.61. The molecule has 0 aromatic rings. The zero-order valence-electron chi connectivity index (χ0n) is 8.71. The predicted octanol–water partition coefficient (Wildman–Crippen LogP) is 2.26. The van der Waals surface area contributed by atoms with Crippen molar-refractivity contribution in [2.24, 2.45) is 11.8 Å². The fourth-order valence-corrected chi connectivity index (χ4v) is 2.43. The number of hydrogen-bond donors (Lipinski definition) is 0. The first-order chi connectivity index (χ1) is 6.68. The minimum absolute atomic E-state index is 0.282. The number of alkyl halides is 1. The van der Waals surface area contributed by atoms with Crippen LogP contribution in [0.1, 0.15) is 32.6 Å². The molecule has 0 bridgehead atoms. The average molecular weight is 216 g/mol. The van der Waals surface area contributed by atoms with Crippen LogP contribution in [0.3, 0.4) is 0 Å². The summed E-state index contributed by atoms with van der Waals surface area (Å²) in [5, 5.41) is 0.282. The van der Waals surface area contributed by atoms with Crippen molar-refractivity contribution >= 4 is 17.5 Å². The number of hydrogen-bond acceptors (Lipinski definition) is 1. The monoisotopic (exact) mass is 215 g/mol. The molecule has 0 N–H and O–H groups in total. The molecule has 0 aromatic carbocycles. The van der Waals surface area contributed by atoms with Crippen LogP contribution in [-0.2, 0) is 4.79 Å². The molecule has 80 valence electrons. The summed E-state index contributed by atoms with van der Waals surface area (Å²) >= 11 is 6.08. The fourth-order valence-electron chi connectivity index (χ4n) is 2.18. The van der Waals surface area contributed by atoms with Crippen LogP contribution >= 0.6 is 11.6 Å². The van der Waals surface area contributed by atoms with Gasteiger partial charge in [0.1, 0.15) is 0 Å². The third-order valence-electron chi connectivity index (χ3n) is 3.40. The lowest BCUT2D eigenvalue weighted by atomic mass is 10.2. The molecular weight excluding hydrogens is 198 g/mol. The Morgan fingerprint density at radius 1 is 1.36 bits per heavy atom. The van der Waals surface area contributed by atoms with Gasteiger partial charge in [0, 0.05) is 24.4 Å². The maximum absolute atomic E-state index is 11.9. The molecule has 3 unspecified atom stereocenters. The quantitative estimate of drug-likeness (QED) is 0.615. The highest BCUT2D eigenvalue weighted by atomic mass is 35.5. The second-order valence-corrected chi connectivity index (χ2v) is 5.29. The van der Waals surface area contributed by atoms with Crippen molar-refractivity contribution in [3.05, 3.63) is 0 Å². The second-order valence-electron chi connectivity index (χ2n) is 4.67. The van der Waals surface area contributed by atoms with Crippen molar-refractivity contribution in [2.45, 2.75) is 38.0 Å². The Bertz CT molecular complexity index is 231. The van der Waals surface area contributed by atoms with Crippen molar-refractivity contribution < 1.29 is 4.79 Å². The summed E-state index contributed by atoms with van der Waals surface area (Å²) in [5.74, 6) is 1.34.